The van der Waals surface area contributed by atoms with E-state index in [4.69, 9.17) is 5.73 Å². The van der Waals surface area contributed by atoms with E-state index in [0.29, 0.717) is 24.6 Å². The average Bonchev–Trinajstić information content (AvgIpc) is 2.54. The molecule has 1 aromatic rings. The summed E-state index contributed by atoms with van der Waals surface area (Å²) in [7, 11) is 0. The Kier molecular flexibility index (Phi) is 5.81. The number of nitrogens with one attached hydrogen (secondary N) is 1. The minimum atomic E-state index is -0.0497. The van der Waals surface area contributed by atoms with Crippen molar-refractivity contribution in [2.75, 3.05) is 19.6 Å². The topological polar surface area (TPSA) is 70.7 Å². The van der Waals surface area contributed by atoms with Gasteiger partial charge >= 0.3 is 0 Å². The Labute approximate surface area is 132 Å². The average molecular weight is 302 g/mol. The number of hydrogen-bond donors (Lipinski definition) is 2. The molecule has 22 heavy (non-hydrogen) atoms. The fourth-order valence-corrected chi connectivity index (χ4v) is 2.58. The van der Waals surface area contributed by atoms with Gasteiger partial charge in [0.05, 0.1) is 6.54 Å². The number of nitrogens with two attached hydrogens (primary N) is 1. The van der Waals surface area contributed by atoms with Gasteiger partial charge in [-0.25, -0.2) is 4.99 Å². The van der Waals surface area contributed by atoms with Gasteiger partial charge in [-0.2, -0.15) is 0 Å². The number of guanidine groups is 1. The number of likely N-dealkylation sites (tertiary alicyclic amines) is 1. The van der Waals surface area contributed by atoms with Crippen molar-refractivity contribution < 1.29 is 4.79 Å². The summed E-state index contributed by atoms with van der Waals surface area (Å²) < 4.78 is 0. The molecule has 0 atom stereocenters. The largest absolute Gasteiger partial charge is 0.370 e. The van der Waals surface area contributed by atoms with Crippen molar-refractivity contribution >= 4 is 11.9 Å². The van der Waals surface area contributed by atoms with E-state index in [0.717, 1.165) is 24.6 Å². The first-order valence-corrected chi connectivity index (χ1v) is 8.02. The molecule has 0 spiro atoms. The van der Waals surface area contributed by atoms with Crippen LogP contribution in [0.3, 0.4) is 0 Å². The first-order chi connectivity index (χ1) is 10.6. The lowest BCUT2D eigenvalue weighted by Gasteiger charge is -2.31. The van der Waals surface area contributed by atoms with Crippen molar-refractivity contribution in [2.24, 2.45) is 16.6 Å². The molecule has 0 aliphatic carbocycles. The van der Waals surface area contributed by atoms with Crippen LogP contribution in [0.2, 0.25) is 0 Å². The number of rotatable bonds is 4. The van der Waals surface area contributed by atoms with Gasteiger partial charge in [0.1, 0.15) is 0 Å². The summed E-state index contributed by atoms with van der Waals surface area (Å²) in [4.78, 5) is 18.5. The van der Waals surface area contributed by atoms with E-state index in [2.05, 4.69) is 22.1 Å². The number of nitrogens with zero attached hydrogens (tertiary/aromatic N) is 2. The molecule has 3 N–H and O–H groups in total. The third-order valence-electron chi connectivity index (χ3n) is 4.06. The second kappa shape index (κ2) is 7.82. The van der Waals surface area contributed by atoms with Crippen LogP contribution in [-0.2, 0) is 6.54 Å². The predicted octanol–water partition coefficient (Wildman–Crippen LogP) is 1.98. The zero-order valence-corrected chi connectivity index (χ0v) is 13.5. The van der Waals surface area contributed by atoms with Gasteiger partial charge in [-0.15, -0.1) is 0 Å². The summed E-state index contributed by atoms with van der Waals surface area (Å²) in [6.45, 7) is 7.28. The Morgan fingerprint density at radius 3 is 2.82 bits per heavy atom. The number of amides is 1. The summed E-state index contributed by atoms with van der Waals surface area (Å²) in [5, 5.41) is 2.80. The first kappa shape index (κ1) is 16.3. The summed E-state index contributed by atoms with van der Waals surface area (Å²) in [6.07, 6.45) is 2.34. The van der Waals surface area contributed by atoms with Crippen LogP contribution in [0, 0.1) is 5.92 Å². The van der Waals surface area contributed by atoms with E-state index in [-0.39, 0.29) is 5.91 Å². The summed E-state index contributed by atoms with van der Waals surface area (Å²) in [6, 6.07) is 7.54. The van der Waals surface area contributed by atoms with E-state index < -0.39 is 0 Å². The Morgan fingerprint density at radius 2 is 2.14 bits per heavy atom. The number of carbonyl (C=O) groups is 1. The molecule has 0 saturated carbocycles. The molecule has 1 aliphatic rings. The minimum absolute atomic E-state index is 0.0497. The molecule has 1 fully saturated rings. The molecule has 0 bridgehead atoms. The second-order valence-corrected chi connectivity index (χ2v) is 5.90. The van der Waals surface area contributed by atoms with Crippen LogP contribution in [0.5, 0.6) is 0 Å². The smallest absolute Gasteiger partial charge is 0.251 e. The molecule has 1 saturated heterocycles. The second-order valence-electron chi connectivity index (χ2n) is 5.90. The molecule has 5 nitrogen and oxygen atoms in total. The Bertz CT molecular complexity index is 533. The molecule has 1 heterocycles. The highest BCUT2D eigenvalue weighted by Crippen LogP contribution is 2.15. The van der Waals surface area contributed by atoms with Crippen LogP contribution in [0.25, 0.3) is 0 Å². The molecule has 2 rings (SSSR count). The number of piperidine rings is 1. The van der Waals surface area contributed by atoms with Crippen LogP contribution in [0.15, 0.2) is 29.3 Å². The highest BCUT2D eigenvalue weighted by Gasteiger charge is 2.16. The van der Waals surface area contributed by atoms with E-state index in [1.807, 2.05) is 31.2 Å². The number of carbonyl (C=O) groups excluding carboxylic acids is 1. The molecular weight excluding hydrogens is 276 g/mol. The van der Waals surface area contributed by atoms with Crippen LogP contribution >= 0.6 is 0 Å². The van der Waals surface area contributed by atoms with Gasteiger partial charge in [0.15, 0.2) is 5.96 Å². The zero-order chi connectivity index (χ0) is 15.9. The SMILES string of the molecule is CCNC(=O)c1cccc(CN=C(N)N2CCC(C)CC2)c1. The Balaban J connectivity index is 1.97. The maximum absolute atomic E-state index is 11.8. The van der Waals surface area contributed by atoms with Gasteiger partial charge in [-0.05, 0) is 43.4 Å². The van der Waals surface area contributed by atoms with E-state index >= 15 is 0 Å². The van der Waals surface area contributed by atoms with E-state index in [9.17, 15) is 4.79 Å². The van der Waals surface area contributed by atoms with Crippen LogP contribution < -0.4 is 11.1 Å². The predicted molar refractivity (Wildman–Crippen MR) is 89.7 cm³/mol. The zero-order valence-electron chi connectivity index (χ0n) is 13.5. The maximum Gasteiger partial charge on any atom is 0.251 e. The maximum atomic E-state index is 11.8. The summed E-state index contributed by atoms with van der Waals surface area (Å²) >= 11 is 0. The highest BCUT2D eigenvalue weighted by atomic mass is 16.1. The van der Waals surface area contributed by atoms with Crippen LogP contribution in [-0.4, -0.2) is 36.4 Å². The fraction of sp³-hybridized carbons (Fsp3) is 0.529. The van der Waals surface area contributed by atoms with Gasteiger partial charge < -0.3 is 16.0 Å². The van der Waals surface area contributed by atoms with Crippen molar-refractivity contribution in [1.82, 2.24) is 10.2 Å². The van der Waals surface area contributed by atoms with Crippen molar-refractivity contribution in [2.45, 2.75) is 33.2 Å². The quantitative estimate of drug-likeness (QED) is 0.660. The van der Waals surface area contributed by atoms with E-state index in [1.54, 1.807) is 0 Å². The van der Waals surface area contributed by atoms with Crippen molar-refractivity contribution in [3.8, 4) is 0 Å². The number of benzene rings is 1. The summed E-state index contributed by atoms with van der Waals surface area (Å²) in [5.41, 5.74) is 7.75. The third kappa shape index (κ3) is 4.48. The molecule has 0 aromatic heterocycles. The van der Waals surface area contributed by atoms with Gasteiger partial charge in [0, 0.05) is 25.2 Å². The molecular formula is C17H26N4O. The monoisotopic (exact) mass is 302 g/mol. The molecule has 0 unspecified atom stereocenters. The molecule has 1 aromatic carbocycles. The standard InChI is InChI=1S/C17H26N4O/c1-3-19-16(22)15-6-4-5-14(11-15)12-20-17(18)21-9-7-13(2)8-10-21/h4-6,11,13H,3,7-10,12H2,1-2H3,(H2,18,20)(H,19,22). The lowest BCUT2D eigenvalue weighted by Crippen LogP contribution is -2.42. The Morgan fingerprint density at radius 1 is 1.41 bits per heavy atom. The fourth-order valence-electron chi connectivity index (χ4n) is 2.58. The molecule has 1 amide bonds. The Hall–Kier alpha value is -2.04. The van der Waals surface area contributed by atoms with Crippen LogP contribution in [0.1, 0.15) is 42.6 Å². The highest BCUT2D eigenvalue weighted by molar-refractivity contribution is 5.94. The lowest BCUT2D eigenvalue weighted by molar-refractivity contribution is 0.0955. The van der Waals surface area contributed by atoms with Gasteiger partial charge in [-0.1, -0.05) is 19.1 Å². The van der Waals surface area contributed by atoms with Gasteiger partial charge in [0.25, 0.3) is 5.91 Å². The summed E-state index contributed by atoms with van der Waals surface area (Å²) in [5.74, 6) is 1.33. The molecule has 0 radical (unpaired) electrons. The molecule has 5 heteroatoms. The van der Waals surface area contributed by atoms with Crippen molar-refractivity contribution in [3.63, 3.8) is 0 Å². The third-order valence-corrected chi connectivity index (χ3v) is 4.06. The lowest BCUT2D eigenvalue weighted by atomic mass is 10.00. The molecule has 120 valence electrons. The van der Waals surface area contributed by atoms with Gasteiger partial charge in [0.2, 0.25) is 0 Å². The number of aliphatic imine (C=N–C) groups is 1. The van der Waals surface area contributed by atoms with Crippen molar-refractivity contribution in [1.29, 1.82) is 0 Å². The first-order valence-electron chi connectivity index (χ1n) is 8.02. The minimum Gasteiger partial charge on any atom is -0.370 e. The van der Waals surface area contributed by atoms with Crippen LogP contribution in [0.4, 0.5) is 0 Å². The van der Waals surface area contributed by atoms with E-state index in [1.165, 1.54) is 12.8 Å². The van der Waals surface area contributed by atoms with Crippen molar-refractivity contribution in [3.05, 3.63) is 35.4 Å². The van der Waals surface area contributed by atoms with Gasteiger partial charge in [-0.3, -0.25) is 4.79 Å². The normalized spacial score (nSPS) is 16.6. The molecule has 1 aliphatic heterocycles. The number of hydrogen-bond acceptors (Lipinski definition) is 2.